The number of nitrogens with zero attached hydrogens (tertiary/aromatic N) is 5. The Morgan fingerprint density at radius 1 is 1.07 bits per heavy atom. The molecule has 3 aliphatic heterocycles. The molecule has 0 radical (unpaired) electrons. The number of aryl methyl sites for hydroxylation is 1. The van der Waals surface area contributed by atoms with Crippen LogP contribution >= 0.6 is 0 Å². The second kappa shape index (κ2) is 12.8. The van der Waals surface area contributed by atoms with E-state index in [1.54, 1.807) is 23.3 Å². The van der Waals surface area contributed by atoms with Crippen LogP contribution < -0.4 is 14.5 Å². The largest absolute Gasteiger partial charge is 0.468 e. The minimum Gasteiger partial charge on any atom is -0.468 e. The summed E-state index contributed by atoms with van der Waals surface area (Å²) in [7, 11) is 1.51. The summed E-state index contributed by atoms with van der Waals surface area (Å²) < 4.78 is 63.5. The quantitative estimate of drug-likeness (QED) is 0.190. The van der Waals surface area contributed by atoms with Gasteiger partial charge in [0.1, 0.15) is 35.6 Å². The molecule has 3 saturated heterocycles. The van der Waals surface area contributed by atoms with E-state index in [2.05, 4.69) is 14.9 Å². The normalized spacial score (nSPS) is 22.0. The molecule has 2 aromatic carbocycles. The lowest BCUT2D eigenvalue weighted by molar-refractivity contribution is 0.0512. The third kappa shape index (κ3) is 5.60. The first-order valence-corrected chi connectivity index (χ1v) is 16.1. The maximum absolute atomic E-state index is 16.9. The van der Waals surface area contributed by atoms with E-state index in [1.165, 1.54) is 19.4 Å². The van der Waals surface area contributed by atoms with Gasteiger partial charge in [-0.25, -0.2) is 18.2 Å². The number of alkyl halides is 1. The average Bonchev–Trinajstić information content (AvgIpc) is 3.44. The number of benzene rings is 2. The van der Waals surface area contributed by atoms with Crippen molar-refractivity contribution in [1.29, 1.82) is 0 Å². The summed E-state index contributed by atoms with van der Waals surface area (Å²) in [6.07, 6.45) is 5.93. The minimum absolute atomic E-state index is 0.000713. The van der Waals surface area contributed by atoms with Crippen molar-refractivity contribution in [3.63, 3.8) is 0 Å². The molecule has 7 rings (SSSR count). The Labute approximate surface area is 265 Å². The number of rotatable bonds is 9. The lowest BCUT2D eigenvalue weighted by atomic mass is 9.94. The summed E-state index contributed by atoms with van der Waals surface area (Å²) in [5, 5.41) is 3.24. The smallest absolute Gasteiger partial charge is 0.319 e. The summed E-state index contributed by atoms with van der Waals surface area (Å²) in [5.41, 5.74) is 0.374. The van der Waals surface area contributed by atoms with Gasteiger partial charge in [0.05, 0.1) is 17.5 Å². The number of hydrogen-bond acceptors (Lipinski definition) is 9. The van der Waals surface area contributed by atoms with Crippen LogP contribution in [0.1, 0.15) is 51.0 Å². The molecule has 0 amide bonds. The van der Waals surface area contributed by atoms with Crippen molar-refractivity contribution in [3.8, 4) is 23.0 Å². The van der Waals surface area contributed by atoms with E-state index >= 15 is 8.78 Å². The zero-order valence-electron chi connectivity index (χ0n) is 26.2. The molecule has 4 aromatic rings. The van der Waals surface area contributed by atoms with E-state index in [4.69, 9.17) is 24.0 Å². The highest BCUT2D eigenvalue weighted by Crippen LogP contribution is 2.42. The first-order chi connectivity index (χ1) is 22.4. The number of ether oxygens (including phenoxy) is 3. The van der Waals surface area contributed by atoms with Crippen LogP contribution in [0.4, 0.5) is 19.0 Å². The van der Waals surface area contributed by atoms with Crippen molar-refractivity contribution in [2.45, 2.75) is 63.6 Å². The highest BCUT2D eigenvalue weighted by molar-refractivity contribution is 6.01. The fraction of sp³-hybridized carbons (Fsp3) is 0.500. The van der Waals surface area contributed by atoms with Crippen LogP contribution in [-0.2, 0) is 16.0 Å². The number of fused-ring (bicyclic) bond motifs is 3. The summed E-state index contributed by atoms with van der Waals surface area (Å²) >= 11 is 0. The average molecular weight is 638 g/mol. The zero-order chi connectivity index (χ0) is 31.8. The van der Waals surface area contributed by atoms with Crippen LogP contribution in [0.2, 0.25) is 0 Å². The van der Waals surface area contributed by atoms with E-state index in [9.17, 15) is 4.39 Å². The van der Waals surface area contributed by atoms with Gasteiger partial charge in [0.25, 0.3) is 0 Å². The molecule has 9 nitrogen and oxygen atoms in total. The predicted molar refractivity (Wildman–Crippen MR) is 168 cm³/mol. The molecule has 2 atom stereocenters. The number of aromatic nitrogens is 3. The van der Waals surface area contributed by atoms with Gasteiger partial charge in [0.2, 0.25) is 0 Å². The highest BCUT2D eigenvalue weighted by Gasteiger charge is 2.49. The van der Waals surface area contributed by atoms with Crippen molar-refractivity contribution in [2.24, 2.45) is 0 Å². The first kappa shape index (κ1) is 30.9. The first-order valence-electron chi connectivity index (χ1n) is 16.1. The molecule has 5 heterocycles. The standard InChI is InChI=1S/C34H38F3N5O4/c1-3-24-27(36)9-8-21-14-23(45-20-43-2)15-25(28(21)24)30-29(37)31-26(17-38-30)32(42-12-5-4-6-13-46-42)40-33(39-31)44-19-34-10-7-11-41(34)18-22(35)16-34/h8-9,14-15,17,22H,3-7,10-13,16,18-20H2,1-2H3/t22-,34+/m1/s1. The van der Waals surface area contributed by atoms with Crippen LogP contribution in [-0.4, -0.2) is 78.3 Å². The second-order valence-corrected chi connectivity index (χ2v) is 12.4. The van der Waals surface area contributed by atoms with Gasteiger partial charge in [-0.3, -0.25) is 14.7 Å². The van der Waals surface area contributed by atoms with Crippen LogP contribution in [0.15, 0.2) is 30.5 Å². The Balaban J connectivity index is 1.38. The van der Waals surface area contributed by atoms with Crippen LogP contribution in [0.5, 0.6) is 11.8 Å². The number of hydrogen-bond donors (Lipinski definition) is 0. The molecular formula is C34H38F3N5O4. The van der Waals surface area contributed by atoms with Crippen molar-refractivity contribution < 1.29 is 32.2 Å². The Morgan fingerprint density at radius 2 is 1.96 bits per heavy atom. The van der Waals surface area contributed by atoms with Gasteiger partial charge in [0, 0.05) is 38.4 Å². The maximum Gasteiger partial charge on any atom is 0.319 e. The molecular weight excluding hydrogens is 599 g/mol. The Hall–Kier alpha value is -3.74. The van der Waals surface area contributed by atoms with Gasteiger partial charge in [-0.05, 0) is 79.6 Å². The Kier molecular flexibility index (Phi) is 8.60. The number of methoxy groups -OCH3 is 1. The lowest BCUT2D eigenvalue weighted by Crippen LogP contribution is -2.43. The number of halogens is 3. The summed E-state index contributed by atoms with van der Waals surface area (Å²) in [4.78, 5) is 22.0. The van der Waals surface area contributed by atoms with Crippen molar-refractivity contribution in [2.75, 3.05) is 51.8 Å². The highest BCUT2D eigenvalue weighted by atomic mass is 19.1. The Bertz CT molecular complexity index is 1750. The fourth-order valence-corrected chi connectivity index (χ4v) is 7.28. The van der Waals surface area contributed by atoms with Crippen LogP contribution in [0.25, 0.3) is 32.9 Å². The van der Waals surface area contributed by atoms with Crippen molar-refractivity contribution in [3.05, 3.63) is 47.7 Å². The second-order valence-electron chi connectivity index (χ2n) is 12.4. The fourth-order valence-electron chi connectivity index (χ4n) is 7.28. The molecule has 0 saturated carbocycles. The molecule has 2 aromatic heterocycles. The van der Waals surface area contributed by atoms with E-state index < -0.39 is 17.5 Å². The summed E-state index contributed by atoms with van der Waals surface area (Å²) in [6, 6.07) is 6.45. The molecule has 0 aliphatic carbocycles. The van der Waals surface area contributed by atoms with Gasteiger partial charge in [-0.15, -0.1) is 0 Å². The van der Waals surface area contributed by atoms with Gasteiger partial charge < -0.3 is 14.2 Å². The monoisotopic (exact) mass is 637 g/mol. The molecule has 0 spiro atoms. The van der Waals surface area contributed by atoms with Gasteiger partial charge in [0.15, 0.2) is 18.4 Å². The minimum atomic E-state index is -0.912. The number of hydroxylamine groups is 1. The van der Waals surface area contributed by atoms with Crippen LogP contribution in [0.3, 0.4) is 0 Å². The van der Waals surface area contributed by atoms with E-state index in [0.717, 1.165) is 38.6 Å². The molecule has 0 N–H and O–H groups in total. The maximum atomic E-state index is 16.9. The molecule has 3 fully saturated rings. The molecule has 12 heteroatoms. The molecule has 0 unspecified atom stereocenters. The lowest BCUT2D eigenvalue weighted by Gasteiger charge is -2.31. The SMILES string of the molecule is CCc1c(F)ccc2cc(OCOC)cc(-c3ncc4c(N5CCCCCO5)nc(OC[C@@]56CCCN5C[C@H](F)C6)nc4c3F)c12. The van der Waals surface area contributed by atoms with E-state index in [1.807, 2.05) is 6.92 Å². The molecule has 0 bridgehead atoms. The van der Waals surface area contributed by atoms with Gasteiger partial charge in [-0.2, -0.15) is 9.97 Å². The number of anilines is 1. The van der Waals surface area contributed by atoms with E-state index in [0.29, 0.717) is 71.4 Å². The van der Waals surface area contributed by atoms with Crippen LogP contribution in [0, 0.1) is 11.6 Å². The third-order valence-corrected chi connectivity index (χ3v) is 9.46. The molecule has 3 aliphatic rings. The summed E-state index contributed by atoms with van der Waals surface area (Å²) in [5.74, 6) is -0.308. The molecule has 244 valence electrons. The topological polar surface area (TPSA) is 82.1 Å². The Morgan fingerprint density at radius 3 is 2.80 bits per heavy atom. The van der Waals surface area contributed by atoms with Gasteiger partial charge >= 0.3 is 6.01 Å². The van der Waals surface area contributed by atoms with Crippen molar-refractivity contribution in [1.82, 2.24) is 19.9 Å². The number of pyridine rings is 1. The molecule has 46 heavy (non-hydrogen) atoms. The summed E-state index contributed by atoms with van der Waals surface area (Å²) in [6.45, 7) is 4.29. The predicted octanol–water partition coefficient (Wildman–Crippen LogP) is 6.55. The van der Waals surface area contributed by atoms with Crippen molar-refractivity contribution >= 4 is 27.5 Å². The zero-order valence-corrected chi connectivity index (χ0v) is 26.2. The van der Waals surface area contributed by atoms with E-state index in [-0.39, 0.29) is 36.4 Å². The third-order valence-electron chi connectivity index (χ3n) is 9.46. The van der Waals surface area contributed by atoms with Gasteiger partial charge in [-0.1, -0.05) is 13.0 Å².